The molecule has 3 amide bonds. The van der Waals surface area contributed by atoms with Crippen LogP contribution in [0, 0.1) is 0 Å². The van der Waals surface area contributed by atoms with Crippen LogP contribution in [0.2, 0.25) is 0 Å². The maximum absolute atomic E-state index is 13.4. The number of hydrogen-bond donors (Lipinski definition) is 2. The average molecular weight is 442 g/mol. The number of anilines is 2. The number of carbonyl (C=O) groups is 3. The van der Waals surface area contributed by atoms with E-state index in [0.717, 1.165) is 4.90 Å². The van der Waals surface area contributed by atoms with E-state index in [1.54, 1.807) is 66.9 Å². The maximum atomic E-state index is 13.4. The van der Waals surface area contributed by atoms with Crippen molar-refractivity contribution in [1.82, 2.24) is 9.88 Å². The van der Waals surface area contributed by atoms with Crippen LogP contribution in [-0.4, -0.2) is 34.7 Å². The predicted octanol–water partition coefficient (Wildman–Crippen LogP) is 3.44. The first-order valence-electron chi connectivity index (χ1n) is 10.3. The standard InChI is InChI=1S/C25H22N4O4/c1-16(30)27-18-12-10-17(11-13-18)22-23(28-20-8-3-4-9-21(20)33-2)25(32)29(24(22)31)15-19-7-5-6-14-26-19/h3-14,28H,15H2,1-2H3,(H,27,30). The zero-order valence-electron chi connectivity index (χ0n) is 18.2. The molecule has 0 aliphatic carbocycles. The van der Waals surface area contributed by atoms with Gasteiger partial charge in [-0.15, -0.1) is 0 Å². The van der Waals surface area contributed by atoms with Gasteiger partial charge in [-0.3, -0.25) is 24.3 Å². The van der Waals surface area contributed by atoms with E-state index >= 15 is 0 Å². The maximum Gasteiger partial charge on any atom is 0.278 e. The zero-order chi connectivity index (χ0) is 23.4. The van der Waals surface area contributed by atoms with Crippen LogP contribution < -0.4 is 15.4 Å². The summed E-state index contributed by atoms with van der Waals surface area (Å²) in [7, 11) is 1.53. The molecule has 2 N–H and O–H groups in total. The van der Waals surface area contributed by atoms with E-state index in [-0.39, 0.29) is 23.7 Å². The molecule has 0 bridgehead atoms. The largest absolute Gasteiger partial charge is 0.495 e. The number of methoxy groups -OCH3 is 1. The molecule has 0 spiro atoms. The highest BCUT2D eigenvalue weighted by Crippen LogP contribution is 2.34. The Hall–Kier alpha value is -4.46. The van der Waals surface area contributed by atoms with Gasteiger partial charge in [0, 0.05) is 18.8 Å². The second-order valence-electron chi connectivity index (χ2n) is 7.35. The number of ether oxygens (including phenoxy) is 1. The Morgan fingerprint density at radius 2 is 1.70 bits per heavy atom. The van der Waals surface area contributed by atoms with E-state index in [4.69, 9.17) is 4.74 Å². The number of carbonyl (C=O) groups excluding carboxylic acids is 3. The SMILES string of the molecule is COc1ccccc1NC1=C(c2ccc(NC(C)=O)cc2)C(=O)N(Cc2ccccn2)C1=O. The summed E-state index contributed by atoms with van der Waals surface area (Å²) in [5.74, 6) is -0.559. The van der Waals surface area contributed by atoms with Crippen LogP contribution in [0.25, 0.3) is 5.57 Å². The van der Waals surface area contributed by atoms with E-state index in [0.29, 0.717) is 28.4 Å². The van der Waals surface area contributed by atoms with Crippen LogP contribution in [0.15, 0.2) is 78.6 Å². The molecule has 0 fully saturated rings. The molecular formula is C25H22N4O4. The molecule has 0 saturated heterocycles. The lowest BCUT2D eigenvalue weighted by Crippen LogP contribution is -2.32. The number of nitrogens with zero attached hydrogens (tertiary/aromatic N) is 2. The molecule has 8 nitrogen and oxygen atoms in total. The number of benzene rings is 2. The van der Waals surface area contributed by atoms with Gasteiger partial charge in [0.05, 0.1) is 30.6 Å². The highest BCUT2D eigenvalue weighted by Gasteiger charge is 2.39. The second kappa shape index (κ2) is 9.35. The van der Waals surface area contributed by atoms with Gasteiger partial charge in [-0.05, 0) is 42.0 Å². The van der Waals surface area contributed by atoms with Gasteiger partial charge in [0.25, 0.3) is 11.8 Å². The normalized spacial score (nSPS) is 13.3. The van der Waals surface area contributed by atoms with Crippen molar-refractivity contribution in [3.8, 4) is 5.75 Å². The molecule has 3 aromatic rings. The summed E-state index contributed by atoms with van der Waals surface area (Å²) in [6.45, 7) is 1.46. The molecule has 33 heavy (non-hydrogen) atoms. The van der Waals surface area contributed by atoms with Crippen LogP contribution in [0.1, 0.15) is 18.2 Å². The summed E-state index contributed by atoms with van der Waals surface area (Å²) in [5.41, 5.74) is 2.67. The third kappa shape index (κ3) is 4.59. The van der Waals surface area contributed by atoms with Crippen molar-refractivity contribution in [3.63, 3.8) is 0 Å². The highest BCUT2D eigenvalue weighted by molar-refractivity contribution is 6.36. The van der Waals surface area contributed by atoms with Gasteiger partial charge in [0.2, 0.25) is 5.91 Å². The molecule has 8 heteroatoms. The molecule has 2 aromatic carbocycles. The second-order valence-corrected chi connectivity index (χ2v) is 7.35. The van der Waals surface area contributed by atoms with Crippen LogP contribution >= 0.6 is 0 Å². The molecule has 1 aliphatic heterocycles. The molecule has 0 radical (unpaired) electrons. The summed E-state index contributed by atoms with van der Waals surface area (Å²) < 4.78 is 5.39. The third-order valence-electron chi connectivity index (χ3n) is 5.07. The van der Waals surface area contributed by atoms with Crippen LogP contribution in [0.4, 0.5) is 11.4 Å². The Balaban J connectivity index is 1.74. The minimum absolute atomic E-state index is 0.0447. The fraction of sp³-hybridized carbons (Fsp3) is 0.120. The van der Waals surface area contributed by atoms with Gasteiger partial charge in [0.1, 0.15) is 11.4 Å². The van der Waals surface area contributed by atoms with Crippen LogP contribution in [0.3, 0.4) is 0 Å². The molecular weight excluding hydrogens is 420 g/mol. The van der Waals surface area contributed by atoms with Gasteiger partial charge in [-0.1, -0.05) is 30.3 Å². The van der Waals surface area contributed by atoms with Gasteiger partial charge in [-0.2, -0.15) is 0 Å². The number of aromatic nitrogens is 1. The number of rotatable bonds is 7. The van der Waals surface area contributed by atoms with E-state index in [1.165, 1.54) is 14.0 Å². The Kier molecular flexibility index (Phi) is 6.17. The lowest BCUT2D eigenvalue weighted by molar-refractivity contribution is -0.137. The van der Waals surface area contributed by atoms with E-state index in [9.17, 15) is 14.4 Å². The lowest BCUT2D eigenvalue weighted by Gasteiger charge is -2.15. The van der Waals surface area contributed by atoms with Crippen molar-refractivity contribution in [3.05, 3.63) is 89.9 Å². The summed E-state index contributed by atoms with van der Waals surface area (Å²) in [6, 6.07) is 19.2. The summed E-state index contributed by atoms with van der Waals surface area (Å²) in [5, 5.41) is 5.80. The van der Waals surface area contributed by atoms with Crippen LogP contribution in [0.5, 0.6) is 5.75 Å². The predicted molar refractivity (Wildman–Crippen MR) is 124 cm³/mol. The summed E-state index contributed by atoms with van der Waals surface area (Å²) in [4.78, 5) is 43.5. The van der Waals surface area contributed by atoms with Crippen molar-refractivity contribution in [1.29, 1.82) is 0 Å². The lowest BCUT2D eigenvalue weighted by atomic mass is 10.0. The van der Waals surface area contributed by atoms with E-state index < -0.39 is 11.8 Å². The Morgan fingerprint density at radius 1 is 0.970 bits per heavy atom. The minimum Gasteiger partial charge on any atom is -0.495 e. The molecule has 0 atom stereocenters. The van der Waals surface area contributed by atoms with Crippen molar-refractivity contribution in [2.45, 2.75) is 13.5 Å². The Morgan fingerprint density at radius 3 is 2.36 bits per heavy atom. The molecule has 0 saturated carbocycles. The average Bonchev–Trinajstić information content (AvgIpc) is 3.04. The van der Waals surface area contributed by atoms with Crippen molar-refractivity contribution < 1.29 is 19.1 Å². The third-order valence-corrected chi connectivity index (χ3v) is 5.07. The van der Waals surface area contributed by atoms with Gasteiger partial charge >= 0.3 is 0 Å². The first kappa shape index (κ1) is 21.8. The topological polar surface area (TPSA) is 101 Å². The quantitative estimate of drug-likeness (QED) is 0.544. The molecule has 1 aliphatic rings. The molecule has 1 aromatic heterocycles. The van der Waals surface area contributed by atoms with Crippen molar-refractivity contribution in [2.75, 3.05) is 17.7 Å². The van der Waals surface area contributed by atoms with Crippen molar-refractivity contribution in [2.24, 2.45) is 0 Å². The van der Waals surface area contributed by atoms with Gasteiger partial charge < -0.3 is 15.4 Å². The molecule has 4 rings (SSSR count). The van der Waals surface area contributed by atoms with Gasteiger partial charge in [0.15, 0.2) is 0 Å². The summed E-state index contributed by atoms with van der Waals surface area (Å²) in [6.07, 6.45) is 1.61. The van der Waals surface area contributed by atoms with Crippen LogP contribution in [-0.2, 0) is 20.9 Å². The molecule has 2 heterocycles. The fourth-order valence-electron chi connectivity index (χ4n) is 3.56. The molecule has 166 valence electrons. The number of hydrogen-bond acceptors (Lipinski definition) is 6. The smallest absolute Gasteiger partial charge is 0.278 e. The highest BCUT2D eigenvalue weighted by atomic mass is 16.5. The first-order valence-corrected chi connectivity index (χ1v) is 10.3. The fourth-order valence-corrected chi connectivity index (χ4v) is 3.56. The van der Waals surface area contributed by atoms with E-state index in [2.05, 4.69) is 15.6 Å². The first-order chi connectivity index (χ1) is 16.0. The molecule has 0 unspecified atom stereocenters. The number of para-hydroxylation sites is 2. The summed E-state index contributed by atoms with van der Waals surface area (Å²) >= 11 is 0. The number of imide groups is 1. The minimum atomic E-state index is -0.461. The number of amides is 3. The number of pyridine rings is 1. The van der Waals surface area contributed by atoms with Gasteiger partial charge in [-0.25, -0.2) is 0 Å². The monoisotopic (exact) mass is 442 g/mol. The Labute approximate surface area is 190 Å². The zero-order valence-corrected chi connectivity index (χ0v) is 18.2. The van der Waals surface area contributed by atoms with E-state index in [1.807, 2.05) is 6.07 Å². The Bertz CT molecular complexity index is 1240. The van der Waals surface area contributed by atoms with Crippen molar-refractivity contribution >= 4 is 34.7 Å². The number of nitrogens with one attached hydrogen (secondary N) is 2.